The Balaban J connectivity index is 2.67. The van der Waals surface area contributed by atoms with Crippen molar-refractivity contribution in [1.29, 1.82) is 0 Å². The molecule has 5 nitrogen and oxygen atoms in total. The molecule has 0 aliphatic carbocycles. The van der Waals surface area contributed by atoms with Gasteiger partial charge in [0.1, 0.15) is 0 Å². The summed E-state index contributed by atoms with van der Waals surface area (Å²) in [4.78, 5) is 13.7. The SMILES string of the molecule is C[C@H](I)C(C)(C)N1CC(CCCB(O)O)[C@H](C(=O)O)C1. The van der Waals surface area contributed by atoms with Crippen LogP contribution in [0.3, 0.4) is 0 Å². The van der Waals surface area contributed by atoms with Crippen LogP contribution in [0.25, 0.3) is 0 Å². The number of carbonyl (C=O) groups is 1. The molecular formula is C13H25BINO4. The van der Waals surface area contributed by atoms with Gasteiger partial charge in [0.25, 0.3) is 0 Å². The van der Waals surface area contributed by atoms with E-state index in [0.29, 0.717) is 23.2 Å². The molecule has 1 aliphatic rings. The third kappa shape index (κ3) is 4.57. The molecule has 1 unspecified atom stereocenters. The number of hydrogen-bond acceptors (Lipinski definition) is 4. The third-order valence-corrected chi connectivity index (χ3v) is 6.11. The molecule has 0 aromatic carbocycles. The molecule has 1 rings (SSSR count). The van der Waals surface area contributed by atoms with Crippen LogP contribution in [-0.2, 0) is 4.79 Å². The minimum atomic E-state index is -1.29. The lowest BCUT2D eigenvalue weighted by molar-refractivity contribution is -0.142. The fourth-order valence-electron chi connectivity index (χ4n) is 2.73. The number of halogens is 1. The highest BCUT2D eigenvalue weighted by atomic mass is 127. The first-order chi connectivity index (χ1) is 9.16. The van der Waals surface area contributed by atoms with Crippen molar-refractivity contribution in [3.8, 4) is 0 Å². The Hall–Kier alpha value is 0.145. The summed E-state index contributed by atoms with van der Waals surface area (Å²) in [5, 5.41) is 27.2. The number of likely N-dealkylation sites (tertiary alicyclic amines) is 1. The Labute approximate surface area is 135 Å². The van der Waals surface area contributed by atoms with E-state index in [-0.39, 0.29) is 17.4 Å². The lowest BCUT2D eigenvalue weighted by atomic mass is 9.80. The van der Waals surface area contributed by atoms with Crippen LogP contribution in [-0.4, -0.2) is 55.7 Å². The Kier molecular flexibility index (Phi) is 6.75. The first kappa shape index (κ1) is 18.2. The normalized spacial score (nSPS) is 25.7. The van der Waals surface area contributed by atoms with Crippen LogP contribution in [0.15, 0.2) is 0 Å². The molecule has 1 aliphatic heterocycles. The zero-order chi connectivity index (χ0) is 15.5. The van der Waals surface area contributed by atoms with E-state index >= 15 is 0 Å². The van der Waals surface area contributed by atoms with Crippen LogP contribution in [0.5, 0.6) is 0 Å². The minimum absolute atomic E-state index is 0.0283. The van der Waals surface area contributed by atoms with Crippen LogP contribution < -0.4 is 0 Å². The molecule has 20 heavy (non-hydrogen) atoms. The van der Waals surface area contributed by atoms with E-state index in [2.05, 4.69) is 48.3 Å². The number of carboxylic acids is 1. The van der Waals surface area contributed by atoms with Crippen LogP contribution in [0.2, 0.25) is 6.32 Å². The lowest BCUT2D eigenvalue weighted by Crippen LogP contribution is -2.48. The molecule has 0 bridgehead atoms. The molecule has 1 saturated heterocycles. The van der Waals surface area contributed by atoms with Crippen LogP contribution in [0, 0.1) is 11.8 Å². The van der Waals surface area contributed by atoms with Crippen molar-refractivity contribution in [2.24, 2.45) is 11.8 Å². The van der Waals surface area contributed by atoms with Crippen molar-refractivity contribution in [1.82, 2.24) is 4.90 Å². The second-order valence-electron chi connectivity index (χ2n) is 6.29. The van der Waals surface area contributed by atoms with E-state index in [1.54, 1.807) is 0 Å². The monoisotopic (exact) mass is 397 g/mol. The molecule has 3 N–H and O–H groups in total. The van der Waals surface area contributed by atoms with E-state index in [4.69, 9.17) is 10.0 Å². The van der Waals surface area contributed by atoms with E-state index in [1.165, 1.54) is 0 Å². The predicted molar refractivity (Wildman–Crippen MR) is 88.0 cm³/mol. The van der Waals surface area contributed by atoms with E-state index in [0.717, 1.165) is 13.0 Å². The quantitative estimate of drug-likeness (QED) is 0.345. The van der Waals surface area contributed by atoms with Gasteiger partial charge in [-0.1, -0.05) is 35.9 Å². The lowest BCUT2D eigenvalue weighted by Gasteiger charge is -2.38. The molecule has 7 heteroatoms. The van der Waals surface area contributed by atoms with Gasteiger partial charge in [-0.3, -0.25) is 9.69 Å². The van der Waals surface area contributed by atoms with Crippen molar-refractivity contribution in [2.75, 3.05) is 13.1 Å². The molecule has 0 aromatic heterocycles. The number of rotatable bonds is 7. The largest absolute Gasteiger partial charge is 0.481 e. The van der Waals surface area contributed by atoms with Crippen LogP contribution in [0.4, 0.5) is 0 Å². The van der Waals surface area contributed by atoms with Crippen molar-refractivity contribution >= 4 is 35.7 Å². The Morgan fingerprint density at radius 1 is 1.45 bits per heavy atom. The number of alkyl halides is 1. The minimum Gasteiger partial charge on any atom is -0.481 e. The van der Waals surface area contributed by atoms with Crippen LogP contribution in [0.1, 0.15) is 33.6 Å². The number of hydrogen-bond donors (Lipinski definition) is 3. The van der Waals surface area contributed by atoms with Crippen LogP contribution >= 0.6 is 22.6 Å². The summed E-state index contributed by atoms with van der Waals surface area (Å²) in [6.45, 7) is 7.82. The van der Waals surface area contributed by atoms with Crippen molar-refractivity contribution < 1.29 is 19.9 Å². The summed E-state index contributed by atoms with van der Waals surface area (Å²) in [6.07, 6.45) is 1.70. The fourth-order valence-corrected chi connectivity index (χ4v) is 3.12. The van der Waals surface area contributed by atoms with Gasteiger partial charge in [0, 0.05) is 22.6 Å². The molecule has 3 atom stereocenters. The second-order valence-corrected chi connectivity index (χ2v) is 8.16. The number of carboxylic acid groups (broad SMARTS) is 1. The Morgan fingerprint density at radius 2 is 2.05 bits per heavy atom. The average Bonchev–Trinajstić information content (AvgIpc) is 2.73. The summed E-state index contributed by atoms with van der Waals surface area (Å²) >= 11 is 2.39. The smallest absolute Gasteiger partial charge is 0.451 e. The van der Waals surface area contributed by atoms with E-state index < -0.39 is 13.1 Å². The molecule has 1 heterocycles. The maximum atomic E-state index is 11.4. The fraction of sp³-hybridized carbons (Fsp3) is 0.923. The highest BCUT2D eigenvalue weighted by molar-refractivity contribution is 14.1. The van der Waals surface area contributed by atoms with Crippen molar-refractivity contribution in [2.45, 2.75) is 49.4 Å². The van der Waals surface area contributed by atoms with Gasteiger partial charge >= 0.3 is 13.1 Å². The summed E-state index contributed by atoms with van der Waals surface area (Å²) in [6, 6.07) is 0. The molecular weight excluding hydrogens is 372 g/mol. The zero-order valence-electron chi connectivity index (χ0n) is 12.4. The van der Waals surface area contributed by atoms with Crippen molar-refractivity contribution in [3.63, 3.8) is 0 Å². The van der Waals surface area contributed by atoms with Crippen molar-refractivity contribution in [3.05, 3.63) is 0 Å². The van der Waals surface area contributed by atoms with E-state index in [1.807, 2.05) is 0 Å². The van der Waals surface area contributed by atoms with Gasteiger partial charge in [-0.25, -0.2) is 0 Å². The number of nitrogens with zero attached hydrogens (tertiary/aromatic N) is 1. The third-order valence-electron chi connectivity index (χ3n) is 4.58. The van der Waals surface area contributed by atoms with Gasteiger partial charge in [0.2, 0.25) is 0 Å². The molecule has 0 spiro atoms. The first-order valence-electron chi connectivity index (χ1n) is 7.14. The highest BCUT2D eigenvalue weighted by Crippen LogP contribution is 2.35. The summed E-state index contributed by atoms with van der Waals surface area (Å²) in [5.41, 5.74) is -0.0283. The van der Waals surface area contributed by atoms with Gasteiger partial charge in [0.15, 0.2) is 0 Å². The average molecular weight is 397 g/mol. The molecule has 0 aromatic rings. The van der Waals surface area contributed by atoms with Gasteiger partial charge in [-0.05, 0) is 32.5 Å². The Morgan fingerprint density at radius 3 is 2.50 bits per heavy atom. The first-order valence-corrected chi connectivity index (χ1v) is 8.39. The summed E-state index contributed by atoms with van der Waals surface area (Å²) in [7, 11) is -1.29. The predicted octanol–water partition coefficient (Wildman–Crippen LogP) is 1.47. The van der Waals surface area contributed by atoms with Gasteiger partial charge in [-0.15, -0.1) is 0 Å². The van der Waals surface area contributed by atoms with Gasteiger partial charge < -0.3 is 15.2 Å². The standard InChI is InChI=1S/C13H25BINO4/c1-9(15)13(2,3)16-7-10(5-4-6-14(19)20)11(8-16)12(17)18/h9-11,19-20H,4-8H2,1-3H3,(H,17,18)/t9-,10?,11+/m0/s1. The van der Waals surface area contributed by atoms with Gasteiger partial charge in [0.05, 0.1) is 5.92 Å². The highest BCUT2D eigenvalue weighted by Gasteiger charge is 2.43. The summed E-state index contributed by atoms with van der Waals surface area (Å²) in [5.74, 6) is -0.986. The molecule has 116 valence electrons. The summed E-state index contributed by atoms with van der Waals surface area (Å²) < 4.78 is 0.424. The molecule has 0 amide bonds. The molecule has 0 radical (unpaired) electrons. The number of aliphatic carboxylic acids is 1. The Bertz CT molecular complexity index is 338. The maximum Gasteiger partial charge on any atom is 0.451 e. The molecule has 1 fully saturated rings. The topological polar surface area (TPSA) is 81.0 Å². The second kappa shape index (κ2) is 7.42. The maximum absolute atomic E-state index is 11.4. The van der Waals surface area contributed by atoms with Gasteiger partial charge in [-0.2, -0.15) is 0 Å². The zero-order valence-corrected chi connectivity index (χ0v) is 14.6. The van der Waals surface area contributed by atoms with E-state index in [9.17, 15) is 9.90 Å². The molecule has 0 saturated carbocycles.